The van der Waals surface area contributed by atoms with Gasteiger partial charge in [0, 0.05) is 15.7 Å². The summed E-state index contributed by atoms with van der Waals surface area (Å²) in [5.41, 5.74) is 2.95. The number of carbonyl (C=O) groups is 1. The summed E-state index contributed by atoms with van der Waals surface area (Å²) < 4.78 is 6.60. The second kappa shape index (κ2) is 5.90. The van der Waals surface area contributed by atoms with Gasteiger partial charge in [-0.05, 0) is 36.2 Å². The number of hydrogen-bond donors (Lipinski definition) is 1. The van der Waals surface area contributed by atoms with Gasteiger partial charge in [-0.3, -0.25) is 4.79 Å². The fourth-order valence-electron chi connectivity index (χ4n) is 2.58. The van der Waals surface area contributed by atoms with Gasteiger partial charge in [0.25, 0.3) is 0 Å². The third-order valence-electron chi connectivity index (χ3n) is 3.72. The molecule has 1 amide bonds. The molecule has 108 valence electrons. The molecule has 3 nitrogen and oxygen atoms in total. The number of ether oxygens (including phenoxy) is 1. The molecule has 3 rings (SSSR count). The van der Waals surface area contributed by atoms with E-state index in [0.29, 0.717) is 6.61 Å². The molecule has 0 spiro atoms. The minimum Gasteiger partial charge on any atom is -0.492 e. The first-order valence-corrected chi connectivity index (χ1v) is 7.79. The normalized spacial score (nSPS) is 16.2. The van der Waals surface area contributed by atoms with E-state index in [4.69, 9.17) is 4.74 Å². The fraction of sp³-hybridized carbons (Fsp3) is 0.235. The van der Waals surface area contributed by atoms with Gasteiger partial charge in [0.1, 0.15) is 18.3 Å². The van der Waals surface area contributed by atoms with E-state index >= 15 is 0 Å². The summed E-state index contributed by atoms with van der Waals surface area (Å²) in [5.74, 6) is 0.552. The minimum absolute atomic E-state index is 0.0167. The number of rotatable bonds is 3. The van der Waals surface area contributed by atoms with Gasteiger partial charge in [-0.25, -0.2) is 0 Å². The number of para-hydroxylation sites is 1. The highest BCUT2D eigenvalue weighted by Crippen LogP contribution is 2.34. The zero-order chi connectivity index (χ0) is 14.8. The molecule has 21 heavy (non-hydrogen) atoms. The van der Waals surface area contributed by atoms with E-state index in [1.54, 1.807) is 0 Å². The van der Waals surface area contributed by atoms with Crippen molar-refractivity contribution >= 4 is 27.5 Å². The predicted octanol–water partition coefficient (Wildman–Crippen LogP) is 4.13. The van der Waals surface area contributed by atoms with Crippen LogP contribution in [0.2, 0.25) is 0 Å². The van der Waals surface area contributed by atoms with Crippen molar-refractivity contribution in [2.45, 2.75) is 19.3 Å². The molecule has 1 atom stereocenters. The van der Waals surface area contributed by atoms with Crippen LogP contribution < -0.4 is 10.1 Å². The Balaban J connectivity index is 1.82. The highest BCUT2D eigenvalue weighted by Gasteiger charge is 2.30. The highest BCUT2D eigenvalue weighted by atomic mass is 79.9. The lowest BCUT2D eigenvalue weighted by Gasteiger charge is -2.13. The maximum atomic E-state index is 12.5. The standard InChI is InChI=1S/C17H16BrNO2/c1-2-11-9-12(18)7-8-15(11)19-17(20)14-10-21-16-6-4-3-5-13(14)16/h3-9,14H,2,10H2,1H3,(H,19,20). The zero-order valence-electron chi connectivity index (χ0n) is 11.7. The van der Waals surface area contributed by atoms with Gasteiger partial charge >= 0.3 is 0 Å². The van der Waals surface area contributed by atoms with Gasteiger partial charge in [-0.15, -0.1) is 0 Å². The molecule has 0 saturated heterocycles. The molecule has 1 aliphatic heterocycles. The first-order chi connectivity index (χ1) is 10.2. The van der Waals surface area contributed by atoms with Gasteiger partial charge in [-0.1, -0.05) is 41.1 Å². The van der Waals surface area contributed by atoms with Gasteiger partial charge in [0.2, 0.25) is 5.91 Å². The van der Waals surface area contributed by atoms with E-state index < -0.39 is 0 Å². The van der Waals surface area contributed by atoms with E-state index in [9.17, 15) is 4.79 Å². The largest absolute Gasteiger partial charge is 0.492 e. The molecule has 0 aliphatic carbocycles. The third-order valence-corrected chi connectivity index (χ3v) is 4.22. The maximum absolute atomic E-state index is 12.5. The molecule has 0 saturated carbocycles. The lowest BCUT2D eigenvalue weighted by atomic mass is 10.00. The monoisotopic (exact) mass is 345 g/mol. The lowest BCUT2D eigenvalue weighted by molar-refractivity contribution is -0.117. The Hall–Kier alpha value is -1.81. The van der Waals surface area contributed by atoms with Crippen LogP contribution in [0.5, 0.6) is 5.75 Å². The van der Waals surface area contributed by atoms with Gasteiger partial charge < -0.3 is 10.1 Å². The van der Waals surface area contributed by atoms with Crippen LogP contribution in [0.1, 0.15) is 24.0 Å². The van der Waals surface area contributed by atoms with Crippen molar-refractivity contribution in [1.29, 1.82) is 0 Å². The Morgan fingerprint density at radius 1 is 1.33 bits per heavy atom. The van der Waals surface area contributed by atoms with Crippen molar-refractivity contribution < 1.29 is 9.53 Å². The molecular formula is C17H16BrNO2. The van der Waals surface area contributed by atoms with Crippen LogP contribution in [0.25, 0.3) is 0 Å². The van der Waals surface area contributed by atoms with Crippen molar-refractivity contribution in [2.75, 3.05) is 11.9 Å². The Bertz CT molecular complexity index is 684. The second-order valence-electron chi connectivity index (χ2n) is 5.05. The number of anilines is 1. The quantitative estimate of drug-likeness (QED) is 0.908. The van der Waals surface area contributed by atoms with Gasteiger partial charge in [-0.2, -0.15) is 0 Å². The van der Waals surface area contributed by atoms with Crippen LogP contribution in [0.15, 0.2) is 46.9 Å². The van der Waals surface area contributed by atoms with Gasteiger partial charge in [0.05, 0.1) is 0 Å². The third kappa shape index (κ3) is 2.81. The summed E-state index contributed by atoms with van der Waals surface area (Å²) in [6, 6.07) is 13.6. The minimum atomic E-state index is -0.241. The van der Waals surface area contributed by atoms with Crippen LogP contribution in [0.4, 0.5) is 5.69 Å². The predicted molar refractivity (Wildman–Crippen MR) is 86.8 cm³/mol. The van der Waals surface area contributed by atoms with E-state index in [1.165, 1.54) is 0 Å². The van der Waals surface area contributed by atoms with E-state index in [-0.39, 0.29) is 11.8 Å². The molecule has 2 aromatic carbocycles. The Labute approximate surface area is 132 Å². The summed E-state index contributed by atoms with van der Waals surface area (Å²) in [7, 11) is 0. The molecule has 1 unspecified atom stereocenters. The van der Waals surface area contributed by atoms with Crippen LogP contribution in [-0.4, -0.2) is 12.5 Å². The number of benzene rings is 2. The molecule has 0 radical (unpaired) electrons. The molecular weight excluding hydrogens is 330 g/mol. The number of fused-ring (bicyclic) bond motifs is 1. The molecule has 2 aromatic rings. The maximum Gasteiger partial charge on any atom is 0.235 e. The van der Waals surface area contributed by atoms with Crippen LogP contribution in [0, 0.1) is 0 Å². The number of carbonyl (C=O) groups excluding carboxylic acids is 1. The van der Waals surface area contributed by atoms with Gasteiger partial charge in [0.15, 0.2) is 0 Å². The molecule has 0 fully saturated rings. The first kappa shape index (κ1) is 14.1. The average molecular weight is 346 g/mol. The fourth-order valence-corrected chi connectivity index (χ4v) is 2.98. The van der Waals surface area contributed by atoms with Crippen molar-refractivity contribution in [1.82, 2.24) is 0 Å². The molecule has 1 heterocycles. The number of hydrogen-bond acceptors (Lipinski definition) is 2. The summed E-state index contributed by atoms with van der Waals surface area (Å²) >= 11 is 3.46. The topological polar surface area (TPSA) is 38.3 Å². The van der Waals surface area contributed by atoms with Crippen LogP contribution in [-0.2, 0) is 11.2 Å². The smallest absolute Gasteiger partial charge is 0.235 e. The number of halogens is 1. The summed E-state index contributed by atoms with van der Waals surface area (Å²) in [6.45, 7) is 2.48. The Kier molecular flexibility index (Phi) is 3.97. The number of aryl methyl sites for hydroxylation is 1. The molecule has 1 aliphatic rings. The number of nitrogens with one attached hydrogen (secondary N) is 1. The highest BCUT2D eigenvalue weighted by molar-refractivity contribution is 9.10. The van der Waals surface area contributed by atoms with Crippen LogP contribution in [0.3, 0.4) is 0 Å². The SMILES string of the molecule is CCc1cc(Br)ccc1NC(=O)C1COc2ccccc21. The van der Waals surface area contributed by atoms with Crippen molar-refractivity contribution in [2.24, 2.45) is 0 Å². The summed E-state index contributed by atoms with van der Waals surface area (Å²) in [5, 5.41) is 3.03. The lowest BCUT2D eigenvalue weighted by Crippen LogP contribution is -2.22. The van der Waals surface area contributed by atoms with Crippen molar-refractivity contribution in [3.63, 3.8) is 0 Å². The van der Waals surface area contributed by atoms with Crippen molar-refractivity contribution in [3.05, 3.63) is 58.1 Å². The first-order valence-electron chi connectivity index (χ1n) is 7.00. The summed E-state index contributed by atoms with van der Waals surface area (Å²) in [4.78, 5) is 12.5. The van der Waals surface area contributed by atoms with E-state index in [0.717, 1.165) is 33.5 Å². The second-order valence-corrected chi connectivity index (χ2v) is 5.96. The molecule has 4 heteroatoms. The van der Waals surface area contributed by atoms with E-state index in [2.05, 4.69) is 28.2 Å². The Morgan fingerprint density at radius 2 is 2.14 bits per heavy atom. The van der Waals surface area contributed by atoms with Crippen LogP contribution >= 0.6 is 15.9 Å². The Morgan fingerprint density at radius 3 is 2.95 bits per heavy atom. The molecule has 1 N–H and O–H groups in total. The number of amides is 1. The zero-order valence-corrected chi connectivity index (χ0v) is 13.3. The van der Waals surface area contributed by atoms with Crippen molar-refractivity contribution in [3.8, 4) is 5.75 Å². The summed E-state index contributed by atoms with van der Waals surface area (Å²) in [6.07, 6.45) is 0.868. The average Bonchev–Trinajstić information content (AvgIpc) is 2.93. The molecule has 0 bridgehead atoms. The van der Waals surface area contributed by atoms with E-state index in [1.807, 2.05) is 42.5 Å². The molecule has 0 aromatic heterocycles.